The van der Waals surface area contributed by atoms with E-state index in [9.17, 15) is 19.8 Å². The van der Waals surface area contributed by atoms with Crippen LogP contribution in [0.2, 0.25) is 0 Å². The first kappa shape index (κ1) is 31.4. The lowest BCUT2D eigenvalue weighted by Gasteiger charge is -2.35. The van der Waals surface area contributed by atoms with Gasteiger partial charge in [-0.05, 0) is 99.2 Å². The van der Waals surface area contributed by atoms with Crippen molar-refractivity contribution in [3.8, 4) is 0 Å². The Kier molecular flexibility index (Phi) is 8.58. The molecule has 2 aliphatic heterocycles. The summed E-state index contributed by atoms with van der Waals surface area (Å²) in [6.45, 7) is 7.73. The van der Waals surface area contributed by atoms with E-state index in [1.807, 2.05) is 62.4 Å². The number of aliphatic hydroxyl groups excluding tert-OH is 2. The highest BCUT2D eigenvalue weighted by Gasteiger charge is 2.40. The van der Waals surface area contributed by atoms with Crippen LogP contribution in [0.25, 0.3) is 5.57 Å². The van der Waals surface area contributed by atoms with Gasteiger partial charge in [-0.3, -0.25) is 9.59 Å². The molecule has 0 bridgehead atoms. The molecule has 2 fully saturated rings. The number of allylic oxidation sites excluding steroid dienone is 4. The number of likely N-dealkylation sites (tertiary alicyclic amines) is 1. The molecule has 0 spiro atoms. The van der Waals surface area contributed by atoms with Crippen molar-refractivity contribution in [2.75, 3.05) is 36.4 Å². The molecule has 3 aromatic rings. The fraction of sp³-hybridized carbons (Fsp3) is 0.275. The van der Waals surface area contributed by atoms with Gasteiger partial charge in [0, 0.05) is 71.0 Å². The van der Waals surface area contributed by atoms with Crippen molar-refractivity contribution in [1.82, 2.24) is 4.90 Å². The number of aryl methyl sites for hydroxylation is 1. The Morgan fingerprint density at radius 2 is 1.40 bits per heavy atom. The molecule has 8 heteroatoms. The number of benzene rings is 3. The first-order chi connectivity index (χ1) is 23.3. The highest BCUT2D eigenvalue weighted by Crippen LogP contribution is 2.47. The molecule has 7 rings (SSSR count). The monoisotopic (exact) mass is 640 g/mol. The largest absolute Gasteiger partial charge is 0.507 e. The molecule has 0 saturated carbocycles. The highest BCUT2D eigenvalue weighted by molar-refractivity contribution is 6.20. The molecule has 2 heterocycles. The Labute approximate surface area is 281 Å². The van der Waals surface area contributed by atoms with E-state index < -0.39 is 12.0 Å². The molecule has 1 atom stereocenters. The van der Waals surface area contributed by atoms with E-state index in [4.69, 9.17) is 0 Å². The maximum atomic E-state index is 13.4. The standard InChI is InChI=1S/C40H40N4O4/c1-25-21-29(31(23-33(25)43-17-9-10-18-43)41-39(47)27-13-5-3-6-14-27)35-37(45)36(38(35)46)30-22-26(2)34(44-19-11-12-20-44)24-32(30)42-40(48)28-15-7-4-8-16-28/h3-8,13-16,21-24,37,45-46H,9-12,17-20H2,1-2H3,(H,41,47). The Morgan fingerprint density at radius 1 is 0.792 bits per heavy atom. The number of carbonyl (C=O) groups is 2. The molecule has 48 heavy (non-hydrogen) atoms. The van der Waals surface area contributed by atoms with Crippen molar-refractivity contribution in [2.24, 2.45) is 4.99 Å². The first-order valence-corrected chi connectivity index (χ1v) is 16.8. The zero-order valence-corrected chi connectivity index (χ0v) is 27.4. The average Bonchev–Trinajstić information content (AvgIpc) is 3.84. The fourth-order valence-corrected chi connectivity index (χ4v) is 7.17. The molecule has 4 aliphatic rings. The average molecular weight is 641 g/mol. The van der Waals surface area contributed by atoms with Gasteiger partial charge < -0.3 is 25.3 Å². The predicted molar refractivity (Wildman–Crippen MR) is 190 cm³/mol. The molecular weight excluding hydrogens is 600 g/mol. The van der Waals surface area contributed by atoms with E-state index in [1.165, 1.54) is 0 Å². The van der Waals surface area contributed by atoms with Crippen LogP contribution in [0.3, 0.4) is 0 Å². The Hall–Kier alpha value is -5.21. The molecular formula is C40H40N4O4. The zero-order valence-electron chi connectivity index (χ0n) is 27.4. The van der Waals surface area contributed by atoms with Crippen LogP contribution in [0.15, 0.2) is 118 Å². The van der Waals surface area contributed by atoms with Crippen LogP contribution in [-0.2, 0) is 0 Å². The third kappa shape index (κ3) is 5.88. The molecule has 1 unspecified atom stereocenters. The molecule has 3 N–H and O–H groups in total. The second-order valence-corrected chi connectivity index (χ2v) is 12.9. The number of anilines is 2. The van der Waals surface area contributed by atoms with Gasteiger partial charge in [0.2, 0.25) is 0 Å². The Morgan fingerprint density at radius 3 is 2.02 bits per heavy atom. The van der Waals surface area contributed by atoms with E-state index >= 15 is 0 Å². The minimum absolute atomic E-state index is 0.0806. The minimum Gasteiger partial charge on any atom is -0.507 e. The maximum Gasteiger partial charge on any atom is 0.277 e. The first-order valence-electron chi connectivity index (χ1n) is 16.8. The van der Waals surface area contributed by atoms with E-state index in [2.05, 4.69) is 20.1 Å². The van der Waals surface area contributed by atoms with Crippen molar-refractivity contribution < 1.29 is 19.8 Å². The van der Waals surface area contributed by atoms with Crippen molar-refractivity contribution in [3.05, 3.63) is 135 Å². The van der Waals surface area contributed by atoms with E-state index in [-0.39, 0.29) is 11.7 Å². The summed E-state index contributed by atoms with van der Waals surface area (Å²) in [6, 6.07) is 21.8. The van der Waals surface area contributed by atoms with Gasteiger partial charge in [-0.25, -0.2) is 4.99 Å². The van der Waals surface area contributed by atoms with Crippen LogP contribution < -0.4 is 10.2 Å². The highest BCUT2D eigenvalue weighted by atomic mass is 16.3. The predicted octanol–water partition coefficient (Wildman–Crippen LogP) is 7.01. The smallest absolute Gasteiger partial charge is 0.277 e. The van der Waals surface area contributed by atoms with Crippen molar-refractivity contribution >= 4 is 34.5 Å². The number of rotatable bonds is 6. The van der Waals surface area contributed by atoms with Gasteiger partial charge in [0.05, 0.1) is 11.4 Å². The van der Waals surface area contributed by atoms with Gasteiger partial charge in [0.15, 0.2) is 0 Å². The van der Waals surface area contributed by atoms with Crippen molar-refractivity contribution in [2.45, 2.75) is 45.6 Å². The van der Waals surface area contributed by atoms with Gasteiger partial charge in [-0.15, -0.1) is 0 Å². The van der Waals surface area contributed by atoms with Crippen LogP contribution in [0, 0.1) is 6.92 Å². The number of nitrogens with one attached hydrogen (secondary N) is 1. The second-order valence-electron chi connectivity index (χ2n) is 12.9. The van der Waals surface area contributed by atoms with Gasteiger partial charge in [0.1, 0.15) is 11.9 Å². The lowest BCUT2D eigenvalue weighted by Crippen LogP contribution is -2.32. The lowest BCUT2D eigenvalue weighted by molar-refractivity contribution is 0.1000. The SMILES string of the molecule is CC1=CC(=C2C(O)=C(c3cc(C)c(N4CCCC4)cc3NC(=O)c3ccccc3)C2O)C(=NC(=O)c2ccccc2)C=C1N1CCCC1. The summed E-state index contributed by atoms with van der Waals surface area (Å²) < 4.78 is 0. The van der Waals surface area contributed by atoms with Crippen LogP contribution in [0.4, 0.5) is 11.4 Å². The summed E-state index contributed by atoms with van der Waals surface area (Å²) in [7, 11) is 0. The molecule has 244 valence electrons. The van der Waals surface area contributed by atoms with Gasteiger partial charge >= 0.3 is 0 Å². The molecule has 0 aromatic heterocycles. The van der Waals surface area contributed by atoms with Crippen LogP contribution >= 0.6 is 0 Å². The molecule has 2 aliphatic carbocycles. The summed E-state index contributed by atoms with van der Waals surface area (Å²) in [6.07, 6.45) is 7.04. The number of nitrogens with zero attached hydrogens (tertiary/aromatic N) is 3. The third-order valence-corrected chi connectivity index (χ3v) is 9.71. The molecule has 3 aromatic carbocycles. The quantitative estimate of drug-likeness (QED) is 0.268. The van der Waals surface area contributed by atoms with Crippen molar-refractivity contribution in [3.63, 3.8) is 0 Å². The van der Waals surface area contributed by atoms with E-state index in [0.717, 1.165) is 74.4 Å². The van der Waals surface area contributed by atoms with E-state index in [1.54, 1.807) is 36.4 Å². The molecule has 2 saturated heterocycles. The third-order valence-electron chi connectivity index (χ3n) is 9.71. The number of aliphatic imine (C=N–C) groups is 1. The minimum atomic E-state index is -1.17. The van der Waals surface area contributed by atoms with Crippen molar-refractivity contribution in [1.29, 1.82) is 0 Å². The van der Waals surface area contributed by atoms with Gasteiger partial charge in [0.25, 0.3) is 11.8 Å². The molecule has 2 amide bonds. The molecule has 8 nitrogen and oxygen atoms in total. The number of hydrogen-bond donors (Lipinski definition) is 3. The topological polar surface area (TPSA) is 105 Å². The zero-order chi connectivity index (χ0) is 33.4. The number of amides is 2. The van der Waals surface area contributed by atoms with Crippen LogP contribution in [-0.4, -0.2) is 64.9 Å². The maximum absolute atomic E-state index is 13.4. The summed E-state index contributed by atoms with van der Waals surface area (Å²) in [5.41, 5.74) is 7.54. The summed E-state index contributed by atoms with van der Waals surface area (Å²) in [4.78, 5) is 35.9. The lowest BCUT2D eigenvalue weighted by atomic mass is 9.76. The van der Waals surface area contributed by atoms with Gasteiger partial charge in [-0.2, -0.15) is 0 Å². The summed E-state index contributed by atoms with van der Waals surface area (Å²) in [5, 5.41) is 26.7. The number of hydrogen-bond acceptors (Lipinski definition) is 6. The normalized spacial score (nSPS) is 21.7. The number of carbonyl (C=O) groups excluding carboxylic acids is 2. The molecule has 0 radical (unpaired) electrons. The van der Waals surface area contributed by atoms with Gasteiger partial charge in [-0.1, -0.05) is 36.4 Å². The van der Waals surface area contributed by atoms with Crippen LogP contribution in [0.5, 0.6) is 0 Å². The Bertz CT molecular complexity index is 1930. The van der Waals surface area contributed by atoms with Crippen LogP contribution in [0.1, 0.15) is 64.4 Å². The second kappa shape index (κ2) is 13.1. The summed E-state index contributed by atoms with van der Waals surface area (Å²) in [5.74, 6) is -0.756. The number of aliphatic hydroxyl groups is 2. The Balaban J connectivity index is 1.33. The summed E-state index contributed by atoms with van der Waals surface area (Å²) >= 11 is 0. The van der Waals surface area contributed by atoms with E-state index in [0.29, 0.717) is 44.8 Å². The fourth-order valence-electron chi connectivity index (χ4n) is 7.17.